The van der Waals surface area contributed by atoms with Crippen LogP contribution in [0, 0.1) is 0 Å². The summed E-state index contributed by atoms with van der Waals surface area (Å²) in [6, 6.07) is 7.32. The summed E-state index contributed by atoms with van der Waals surface area (Å²) >= 11 is 0. The average molecular weight is 305 g/mol. The van der Waals surface area contributed by atoms with Crippen LogP contribution in [0.25, 0.3) is 0 Å². The van der Waals surface area contributed by atoms with Gasteiger partial charge in [-0.2, -0.15) is 13.2 Å². The lowest BCUT2D eigenvalue weighted by atomic mass is 10.1. The van der Waals surface area contributed by atoms with Crippen LogP contribution >= 0.6 is 0 Å². The molecule has 0 heterocycles. The molecule has 0 saturated heterocycles. The third kappa shape index (κ3) is 6.13. The van der Waals surface area contributed by atoms with Gasteiger partial charge in [0, 0.05) is 0 Å². The molecule has 6 nitrogen and oxygen atoms in total. The largest absolute Gasteiger partial charge is 0.411 e. The van der Waals surface area contributed by atoms with Crippen molar-refractivity contribution in [3.05, 3.63) is 35.9 Å². The predicted octanol–water partition coefficient (Wildman–Crippen LogP) is 1.17. The summed E-state index contributed by atoms with van der Waals surface area (Å²) in [6.07, 6.45) is -4.51. The van der Waals surface area contributed by atoms with Crippen molar-refractivity contribution in [1.29, 1.82) is 0 Å². The summed E-state index contributed by atoms with van der Waals surface area (Å²) in [6.45, 7) is -2.32. The molecular formula is C12H14F3N3O3. The second kappa shape index (κ2) is 7.48. The Bertz CT molecular complexity index is 492. The lowest BCUT2D eigenvalue weighted by Crippen LogP contribution is -2.39. The molecule has 21 heavy (non-hydrogen) atoms. The Balaban J connectivity index is 2.64. The fraction of sp³-hybridized carbons (Fsp3) is 0.333. The first-order valence-corrected chi connectivity index (χ1v) is 5.79. The highest BCUT2D eigenvalue weighted by Gasteiger charge is 2.28. The zero-order valence-electron chi connectivity index (χ0n) is 10.8. The lowest BCUT2D eigenvalue weighted by Gasteiger charge is -2.18. The summed E-state index contributed by atoms with van der Waals surface area (Å²) in [5.41, 5.74) is 5.97. The normalized spacial score (nSPS) is 13.8. The topological polar surface area (TPSA) is 96.9 Å². The van der Waals surface area contributed by atoms with E-state index < -0.39 is 31.3 Å². The van der Waals surface area contributed by atoms with Gasteiger partial charge in [-0.3, -0.25) is 4.79 Å². The van der Waals surface area contributed by atoms with E-state index in [0.717, 1.165) is 0 Å². The number of benzene rings is 1. The number of oxime groups is 1. The van der Waals surface area contributed by atoms with Crippen LogP contribution < -0.4 is 11.1 Å². The quantitative estimate of drug-likeness (QED) is 0.318. The van der Waals surface area contributed by atoms with Gasteiger partial charge in [-0.05, 0) is 5.56 Å². The molecule has 0 aromatic heterocycles. The van der Waals surface area contributed by atoms with Crippen molar-refractivity contribution in [2.75, 3.05) is 13.2 Å². The van der Waals surface area contributed by atoms with Crippen LogP contribution in [0.4, 0.5) is 13.2 Å². The third-order valence-electron chi connectivity index (χ3n) is 2.35. The number of hydrogen-bond donors (Lipinski definition) is 3. The van der Waals surface area contributed by atoms with Crippen molar-refractivity contribution in [1.82, 2.24) is 5.32 Å². The van der Waals surface area contributed by atoms with E-state index in [1.165, 1.54) is 0 Å². The highest BCUT2D eigenvalue weighted by atomic mass is 19.4. The molecule has 116 valence electrons. The van der Waals surface area contributed by atoms with Gasteiger partial charge in [0.15, 0.2) is 5.84 Å². The van der Waals surface area contributed by atoms with Crippen LogP contribution in [0.5, 0.6) is 0 Å². The van der Waals surface area contributed by atoms with E-state index in [4.69, 9.17) is 10.9 Å². The summed E-state index contributed by atoms with van der Waals surface area (Å²) in [5.74, 6) is -1.12. The van der Waals surface area contributed by atoms with Gasteiger partial charge in [0.2, 0.25) is 5.91 Å². The fourth-order valence-electron chi connectivity index (χ4n) is 1.49. The Hall–Kier alpha value is -2.29. The van der Waals surface area contributed by atoms with Crippen LogP contribution in [-0.4, -0.2) is 36.3 Å². The minimum atomic E-state index is -4.51. The Morgan fingerprint density at radius 3 is 2.52 bits per heavy atom. The standard InChI is InChI=1S/C12H14F3N3O3/c13-12(14,15)7-21-6-9(19)17-10(11(16)18-20)8-4-2-1-3-5-8/h1-5,10,20H,6-7H2,(H2,16,18)(H,17,19). The van der Waals surface area contributed by atoms with Crippen LogP contribution in [0.15, 0.2) is 35.5 Å². The van der Waals surface area contributed by atoms with E-state index in [1.807, 2.05) is 0 Å². The highest BCUT2D eigenvalue weighted by Crippen LogP contribution is 2.15. The first-order chi connectivity index (χ1) is 9.83. The van der Waals surface area contributed by atoms with Gasteiger partial charge < -0.3 is 21.0 Å². The highest BCUT2D eigenvalue weighted by molar-refractivity contribution is 5.91. The number of nitrogens with zero attached hydrogens (tertiary/aromatic N) is 1. The molecule has 1 amide bonds. The molecule has 1 rings (SSSR count). The van der Waals surface area contributed by atoms with Gasteiger partial charge in [0.05, 0.1) is 0 Å². The molecule has 9 heteroatoms. The SMILES string of the molecule is N/C(=N/O)C(NC(=O)COCC(F)(F)F)c1ccccc1. The molecule has 0 saturated carbocycles. The van der Waals surface area contributed by atoms with Crippen molar-refractivity contribution < 1.29 is 27.9 Å². The van der Waals surface area contributed by atoms with Crippen molar-refractivity contribution in [3.63, 3.8) is 0 Å². The molecule has 1 atom stereocenters. The number of carbonyl (C=O) groups is 1. The van der Waals surface area contributed by atoms with Gasteiger partial charge in [-0.15, -0.1) is 0 Å². The number of alkyl halides is 3. The van der Waals surface area contributed by atoms with E-state index in [-0.39, 0.29) is 5.84 Å². The molecule has 0 aliphatic heterocycles. The van der Waals surface area contributed by atoms with Gasteiger partial charge >= 0.3 is 6.18 Å². The number of ether oxygens (including phenoxy) is 1. The molecule has 0 aliphatic carbocycles. The monoisotopic (exact) mass is 305 g/mol. The number of halogens is 3. The van der Waals surface area contributed by atoms with E-state index >= 15 is 0 Å². The molecule has 0 bridgehead atoms. The maximum absolute atomic E-state index is 11.9. The fourth-order valence-corrected chi connectivity index (χ4v) is 1.49. The Kier molecular flexibility index (Phi) is 5.97. The van der Waals surface area contributed by atoms with Crippen molar-refractivity contribution in [2.24, 2.45) is 10.9 Å². The molecule has 1 unspecified atom stereocenters. The van der Waals surface area contributed by atoms with Crippen molar-refractivity contribution >= 4 is 11.7 Å². The van der Waals surface area contributed by atoms with E-state index in [0.29, 0.717) is 5.56 Å². The minimum Gasteiger partial charge on any atom is -0.409 e. The van der Waals surface area contributed by atoms with Gasteiger partial charge in [0.25, 0.3) is 0 Å². The predicted molar refractivity (Wildman–Crippen MR) is 67.6 cm³/mol. The summed E-state index contributed by atoms with van der Waals surface area (Å²) in [7, 11) is 0. The second-order valence-corrected chi connectivity index (χ2v) is 4.04. The van der Waals surface area contributed by atoms with E-state index in [9.17, 15) is 18.0 Å². The molecule has 0 fully saturated rings. The van der Waals surface area contributed by atoms with E-state index in [1.54, 1.807) is 30.3 Å². The number of rotatable bonds is 6. The summed E-state index contributed by atoms with van der Waals surface area (Å²) < 4.78 is 39.9. The maximum Gasteiger partial charge on any atom is 0.411 e. The minimum absolute atomic E-state index is 0.301. The molecule has 1 aromatic carbocycles. The maximum atomic E-state index is 11.9. The van der Waals surface area contributed by atoms with Gasteiger partial charge in [-0.25, -0.2) is 0 Å². The third-order valence-corrected chi connectivity index (χ3v) is 2.35. The molecule has 0 aliphatic rings. The number of hydrogen-bond acceptors (Lipinski definition) is 4. The molecular weight excluding hydrogens is 291 g/mol. The number of carbonyl (C=O) groups excluding carboxylic acids is 1. The zero-order chi connectivity index (χ0) is 15.9. The molecule has 1 aromatic rings. The Labute approximate surface area is 118 Å². The molecule has 4 N–H and O–H groups in total. The first kappa shape index (κ1) is 16.8. The van der Waals surface area contributed by atoms with Crippen LogP contribution in [-0.2, 0) is 9.53 Å². The summed E-state index contributed by atoms with van der Waals surface area (Å²) in [4.78, 5) is 11.5. The van der Waals surface area contributed by atoms with E-state index in [2.05, 4.69) is 15.2 Å². The zero-order valence-corrected chi connectivity index (χ0v) is 10.8. The first-order valence-electron chi connectivity index (χ1n) is 5.79. The van der Waals surface area contributed by atoms with Gasteiger partial charge in [-0.1, -0.05) is 35.5 Å². The average Bonchev–Trinajstić information content (AvgIpc) is 2.43. The molecule has 0 spiro atoms. The van der Waals surface area contributed by atoms with Crippen molar-refractivity contribution in [3.8, 4) is 0 Å². The Morgan fingerprint density at radius 1 is 1.38 bits per heavy atom. The number of amides is 1. The van der Waals surface area contributed by atoms with Crippen molar-refractivity contribution in [2.45, 2.75) is 12.2 Å². The smallest absolute Gasteiger partial charge is 0.409 e. The number of amidine groups is 1. The van der Waals surface area contributed by atoms with Gasteiger partial charge in [0.1, 0.15) is 19.3 Å². The van der Waals surface area contributed by atoms with Crippen LogP contribution in [0.1, 0.15) is 11.6 Å². The molecule has 0 radical (unpaired) electrons. The van der Waals surface area contributed by atoms with Crippen LogP contribution in [0.2, 0.25) is 0 Å². The number of nitrogens with one attached hydrogen (secondary N) is 1. The Morgan fingerprint density at radius 2 is 2.00 bits per heavy atom. The van der Waals surface area contributed by atoms with Crippen LogP contribution in [0.3, 0.4) is 0 Å². The lowest BCUT2D eigenvalue weighted by molar-refractivity contribution is -0.175. The number of nitrogens with two attached hydrogens (primary N) is 1. The summed E-state index contributed by atoms with van der Waals surface area (Å²) in [5, 5.41) is 13.8. The second-order valence-electron chi connectivity index (χ2n) is 4.04.